The molecule has 20 heavy (non-hydrogen) atoms. The number of rotatable bonds is 5. The highest BCUT2D eigenvalue weighted by molar-refractivity contribution is 9.10. The maximum Gasteiger partial charge on any atom is 0.126 e. The van der Waals surface area contributed by atoms with Gasteiger partial charge in [-0.15, -0.1) is 0 Å². The Kier molecular flexibility index (Phi) is 4.88. The van der Waals surface area contributed by atoms with E-state index in [1.165, 1.54) is 12.1 Å². The lowest BCUT2D eigenvalue weighted by Gasteiger charge is -2.20. The minimum Gasteiger partial charge on any atom is -0.305 e. The van der Waals surface area contributed by atoms with E-state index in [2.05, 4.69) is 26.3 Å². The van der Waals surface area contributed by atoms with Crippen molar-refractivity contribution in [3.05, 3.63) is 51.8 Å². The third kappa shape index (κ3) is 3.24. The second-order valence-corrected chi connectivity index (χ2v) is 5.45. The molecular weight excluding hydrogens is 328 g/mol. The van der Waals surface area contributed by atoms with Crippen LogP contribution in [0.2, 0.25) is 0 Å². The SMILES string of the molecule is CCCNC(c1cc(F)cc(F)c1)c1c(Br)cnn1C. The van der Waals surface area contributed by atoms with E-state index in [-0.39, 0.29) is 6.04 Å². The molecule has 108 valence electrons. The molecule has 1 unspecified atom stereocenters. The number of nitrogens with one attached hydrogen (secondary N) is 1. The Labute approximate surface area is 125 Å². The summed E-state index contributed by atoms with van der Waals surface area (Å²) in [6, 6.07) is 3.24. The van der Waals surface area contributed by atoms with E-state index in [0.717, 1.165) is 29.2 Å². The molecule has 0 aliphatic heterocycles. The van der Waals surface area contributed by atoms with Gasteiger partial charge in [-0.05, 0) is 46.6 Å². The molecule has 1 atom stereocenters. The molecule has 0 aliphatic rings. The van der Waals surface area contributed by atoms with Crippen molar-refractivity contribution >= 4 is 15.9 Å². The molecule has 0 aliphatic carbocycles. The van der Waals surface area contributed by atoms with E-state index >= 15 is 0 Å². The van der Waals surface area contributed by atoms with Gasteiger partial charge in [0.15, 0.2) is 0 Å². The summed E-state index contributed by atoms with van der Waals surface area (Å²) in [6.45, 7) is 2.77. The first-order valence-corrected chi connectivity index (χ1v) is 7.19. The van der Waals surface area contributed by atoms with Crippen LogP contribution in [0.5, 0.6) is 0 Å². The lowest BCUT2D eigenvalue weighted by molar-refractivity contribution is 0.535. The van der Waals surface area contributed by atoms with Gasteiger partial charge in [0.05, 0.1) is 22.4 Å². The van der Waals surface area contributed by atoms with Crippen LogP contribution in [-0.4, -0.2) is 16.3 Å². The monoisotopic (exact) mass is 343 g/mol. The zero-order valence-electron chi connectivity index (χ0n) is 11.3. The topological polar surface area (TPSA) is 29.9 Å². The predicted molar refractivity (Wildman–Crippen MR) is 77.4 cm³/mol. The minimum absolute atomic E-state index is 0.318. The largest absolute Gasteiger partial charge is 0.305 e. The summed E-state index contributed by atoms with van der Waals surface area (Å²) in [6.07, 6.45) is 2.59. The van der Waals surface area contributed by atoms with Gasteiger partial charge in [0.25, 0.3) is 0 Å². The molecule has 2 rings (SSSR count). The Balaban J connectivity index is 2.47. The van der Waals surface area contributed by atoms with Gasteiger partial charge in [0, 0.05) is 13.1 Å². The Morgan fingerprint density at radius 3 is 2.45 bits per heavy atom. The van der Waals surface area contributed by atoms with Gasteiger partial charge in [0.1, 0.15) is 11.6 Å². The molecule has 1 aromatic carbocycles. The molecule has 1 N–H and O–H groups in total. The van der Waals surface area contributed by atoms with Crippen molar-refractivity contribution in [3.63, 3.8) is 0 Å². The van der Waals surface area contributed by atoms with Crippen molar-refractivity contribution in [2.45, 2.75) is 19.4 Å². The van der Waals surface area contributed by atoms with E-state index in [1.54, 1.807) is 17.9 Å². The maximum atomic E-state index is 13.5. The average molecular weight is 344 g/mol. The van der Waals surface area contributed by atoms with Crippen LogP contribution >= 0.6 is 15.9 Å². The van der Waals surface area contributed by atoms with E-state index in [0.29, 0.717) is 5.56 Å². The van der Waals surface area contributed by atoms with Crippen molar-refractivity contribution < 1.29 is 8.78 Å². The summed E-state index contributed by atoms with van der Waals surface area (Å²) < 4.78 is 29.4. The number of aromatic nitrogens is 2. The van der Waals surface area contributed by atoms with Gasteiger partial charge < -0.3 is 5.32 Å². The molecule has 0 saturated carbocycles. The van der Waals surface area contributed by atoms with Crippen molar-refractivity contribution in [3.8, 4) is 0 Å². The van der Waals surface area contributed by atoms with Crippen LogP contribution < -0.4 is 5.32 Å². The third-order valence-corrected chi connectivity index (χ3v) is 3.64. The van der Waals surface area contributed by atoms with Crippen LogP contribution in [-0.2, 0) is 7.05 Å². The molecule has 0 bridgehead atoms. The summed E-state index contributed by atoms with van der Waals surface area (Å²) in [7, 11) is 1.80. The molecule has 0 amide bonds. The van der Waals surface area contributed by atoms with E-state index in [4.69, 9.17) is 0 Å². The zero-order valence-corrected chi connectivity index (χ0v) is 12.9. The van der Waals surface area contributed by atoms with Gasteiger partial charge >= 0.3 is 0 Å². The van der Waals surface area contributed by atoms with Crippen LogP contribution in [0.15, 0.2) is 28.9 Å². The third-order valence-electron chi connectivity index (χ3n) is 3.03. The van der Waals surface area contributed by atoms with Gasteiger partial charge in [-0.1, -0.05) is 6.92 Å². The molecule has 0 saturated heterocycles. The standard InChI is InChI=1S/C14H16BrF2N3/c1-3-4-18-13(14-12(15)8-19-20(14)2)9-5-10(16)7-11(17)6-9/h5-8,13,18H,3-4H2,1-2H3. The molecule has 2 aromatic rings. The first-order chi connectivity index (χ1) is 9.52. The lowest BCUT2D eigenvalue weighted by atomic mass is 10.0. The van der Waals surface area contributed by atoms with E-state index < -0.39 is 11.6 Å². The highest BCUT2D eigenvalue weighted by Gasteiger charge is 2.21. The van der Waals surface area contributed by atoms with Crippen molar-refractivity contribution in [1.29, 1.82) is 0 Å². The molecule has 1 heterocycles. The predicted octanol–water partition coefficient (Wildman–Crippen LogP) is 3.55. The van der Waals surface area contributed by atoms with Crippen LogP contribution in [0.4, 0.5) is 8.78 Å². The summed E-state index contributed by atoms with van der Waals surface area (Å²) >= 11 is 3.43. The van der Waals surface area contributed by atoms with Crippen LogP contribution in [0.1, 0.15) is 30.6 Å². The minimum atomic E-state index is -0.582. The van der Waals surface area contributed by atoms with Crippen LogP contribution in [0.25, 0.3) is 0 Å². The fourth-order valence-electron chi connectivity index (χ4n) is 2.15. The maximum absolute atomic E-state index is 13.5. The number of halogens is 3. The average Bonchev–Trinajstić information content (AvgIpc) is 2.70. The Hall–Kier alpha value is -1.27. The molecule has 0 fully saturated rings. The Morgan fingerprint density at radius 2 is 1.95 bits per heavy atom. The van der Waals surface area contributed by atoms with Gasteiger partial charge in [-0.2, -0.15) is 5.10 Å². The second-order valence-electron chi connectivity index (χ2n) is 4.59. The highest BCUT2D eigenvalue weighted by atomic mass is 79.9. The number of aryl methyl sites for hydroxylation is 1. The normalized spacial score (nSPS) is 12.7. The summed E-state index contributed by atoms with van der Waals surface area (Å²) in [5.41, 5.74) is 1.38. The number of hydrogen-bond donors (Lipinski definition) is 1. The fourth-order valence-corrected chi connectivity index (χ4v) is 2.72. The zero-order chi connectivity index (χ0) is 14.7. The number of nitrogens with zero attached hydrogens (tertiary/aromatic N) is 2. The summed E-state index contributed by atoms with van der Waals surface area (Å²) in [5, 5.41) is 7.46. The first-order valence-electron chi connectivity index (χ1n) is 6.39. The quantitative estimate of drug-likeness (QED) is 0.899. The van der Waals surface area contributed by atoms with E-state index in [1.807, 2.05) is 6.92 Å². The van der Waals surface area contributed by atoms with Crippen LogP contribution in [0, 0.1) is 11.6 Å². The Morgan fingerprint density at radius 1 is 1.30 bits per heavy atom. The fraction of sp³-hybridized carbons (Fsp3) is 0.357. The van der Waals surface area contributed by atoms with Crippen molar-refractivity contribution in [1.82, 2.24) is 15.1 Å². The first kappa shape index (κ1) is 15.1. The molecule has 1 aromatic heterocycles. The summed E-state index contributed by atoms with van der Waals surface area (Å²) in [4.78, 5) is 0. The molecule has 6 heteroatoms. The molecule has 0 spiro atoms. The second kappa shape index (κ2) is 6.45. The molecular formula is C14H16BrF2N3. The van der Waals surface area contributed by atoms with E-state index in [9.17, 15) is 8.78 Å². The van der Waals surface area contributed by atoms with Crippen LogP contribution in [0.3, 0.4) is 0 Å². The van der Waals surface area contributed by atoms with Gasteiger partial charge in [-0.3, -0.25) is 4.68 Å². The Bertz CT molecular complexity index is 558. The smallest absolute Gasteiger partial charge is 0.126 e. The highest BCUT2D eigenvalue weighted by Crippen LogP contribution is 2.29. The summed E-state index contributed by atoms with van der Waals surface area (Å²) in [5.74, 6) is -1.16. The number of benzene rings is 1. The lowest BCUT2D eigenvalue weighted by Crippen LogP contribution is -2.26. The molecule has 3 nitrogen and oxygen atoms in total. The van der Waals surface area contributed by atoms with Gasteiger partial charge in [0.2, 0.25) is 0 Å². The van der Waals surface area contributed by atoms with Crippen molar-refractivity contribution in [2.75, 3.05) is 6.54 Å². The van der Waals surface area contributed by atoms with Crippen molar-refractivity contribution in [2.24, 2.45) is 7.05 Å². The number of hydrogen-bond acceptors (Lipinski definition) is 2. The van der Waals surface area contributed by atoms with Gasteiger partial charge in [-0.25, -0.2) is 8.78 Å². The molecule has 0 radical (unpaired) electrons.